The molecule has 2 unspecified atom stereocenters. The van der Waals surface area contributed by atoms with Crippen molar-refractivity contribution in [1.82, 2.24) is 10.6 Å². The van der Waals surface area contributed by atoms with Crippen molar-refractivity contribution < 1.29 is 43.2 Å². The molecule has 2 aliphatic rings. The van der Waals surface area contributed by atoms with Gasteiger partial charge in [-0.15, -0.1) is 0 Å². The van der Waals surface area contributed by atoms with Crippen molar-refractivity contribution in [3.8, 4) is 11.8 Å². The molecule has 1 aliphatic carbocycles. The van der Waals surface area contributed by atoms with E-state index in [1.54, 1.807) is 7.85 Å². The summed E-state index contributed by atoms with van der Waals surface area (Å²) in [5, 5.41) is 15.5. The van der Waals surface area contributed by atoms with Gasteiger partial charge < -0.3 is 39.5 Å². The van der Waals surface area contributed by atoms with E-state index in [9.17, 15) is 24.3 Å². The molecule has 12 heteroatoms. The van der Waals surface area contributed by atoms with Crippen molar-refractivity contribution in [2.24, 2.45) is 0 Å². The summed E-state index contributed by atoms with van der Waals surface area (Å²) in [6.45, 7) is 2.68. The average molecular weight is 703 g/mol. The van der Waals surface area contributed by atoms with Crippen molar-refractivity contribution >= 4 is 31.6 Å². The number of aliphatic hydroxyl groups is 1. The first kappa shape index (κ1) is 39.6. The van der Waals surface area contributed by atoms with E-state index in [2.05, 4.69) is 22.5 Å². The van der Waals surface area contributed by atoms with Gasteiger partial charge in [-0.2, -0.15) is 0 Å². The lowest BCUT2D eigenvalue weighted by Gasteiger charge is -2.23. The maximum atomic E-state index is 12.7. The summed E-state index contributed by atoms with van der Waals surface area (Å²) >= 11 is 0. The molecule has 1 saturated heterocycles. The monoisotopic (exact) mass is 702 g/mol. The molecule has 51 heavy (non-hydrogen) atoms. The van der Waals surface area contributed by atoms with E-state index in [-0.39, 0.29) is 31.1 Å². The first-order valence-electron chi connectivity index (χ1n) is 18.2. The SMILES string of the molecule is B[C@@H]1O[C@H](CO)C(OCCCCCCNC(=O)CCCCCNC(=O)OC2Cc3ccccc3C#Cc3ccccc32)[C@@H]1OC(=O)CCC(C)=O. The third-order valence-electron chi connectivity index (χ3n) is 9.04. The number of esters is 1. The molecule has 2 amide bonds. The Balaban J connectivity index is 1.02. The molecular formula is C39H51BN2O9. The van der Waals surface area contributed by atoms with Crippen LogP contribution < -0.4 is 10.6 Å². The topological polar surface area (TPSA) is 149 Å². The lowest BCUT2D eigenvalue weighted by molar-refractivity contribution is -0.156. The molecule has 0 saturated carbocycles. The van der Waals surface area contributed by atoms with E-state index in [1.165, 1.54) is 6.92 Å². The van der Waals surface area contributed by atoms with Crippen LogP contribution in [0.5, 0.6) is 0 Å². The molecule has 0 aromatic heterocycles. The molecular weight excluding hydrogens is 651 g/mol. The Kier molecular flexibility index (Phi) is 16.5. The molecule has 1 aliphatic heterocycles. The summed E-state index contributed by atoms with van der Waals surface area (Å²) in [5.41, 5.74) is 3.74. The molecule has 1 fully saturated rings. The van der Waals surface area contributed by atoms with Crippen molar-refractivity contribution in [2.75, 3.05) is 26.3 Å². The fourth-order valence-corrected chi connectivity index (χ4v) is 6.24. The number of fused-ring (bicyclic) bond motifs is 2. The minimum atomic E-state index is -0.640. The van der Waals surface area contributed by atoms with Gasteiger partial charge in [0.2, 0.25) is 5.91 Å². The standard InChI is InChI=1S/C39H51BN2O9/c1-27(44)18-21-35(46)51-37-36(33(26-43)49-38(37)40)48-24-12-3-2-10-22-41-34(45)17-5-4-11-23-42-39(47)50-32-25-30-15-7-6-13-28(30)19-20-29-14-8-9-16-31(29)32/h6-9,13-16,32-33,36-38,43H,2-5,10-12,17-18,21-26,40H2,1H3,(H,41,45)(H,42,47)/t32?,33-,36?,37+,38-/m1/s1. The number of nitrogens with one attached hydrogen (secondary N) is 2. The Morgan fingerprint density at radius 3 is 2.29 bits per heavy atom. The number of alkyl carbamates (subject to hydrolysis) is 1. The van der Waals surface area contributed by atoms with E-state index in [1.807, 2.05) is 48.5 Å². The number of amides is 2. The van der Waals surface area contributed by atoms with Gasteiger partial charge in [0.15, 0.2) is 0 Å². The molecule has 5 atom stereocenters. The summed E-state index contributed by atoms with van der Waals surface area (Å²) in [7, 11) is 1.77. The molecule has 2 aromatic carbocycles. The highest BCUT2D eigenvalue weighted by Crippen LogP contribution is 2.29. The third kappa shape index (κ3) is 13.1. The second-order valence-corrected chi connectivity index (χ2v) is 13.1. The lowest BCUT2D eigenvalue weighted by Crippen LogP contribution is -2.40. The van der Waals surface area contributed by atoms with E-state index in [4.69, 9.17) is 18.9 Å². The zero-order valence-electron chi connectivity index (χ0n) is 29.8. The zero-order valence-corrected chi connectivity index (χ0v) is 29.8. The molecule has 11 nitrogen and oxygen atoms in total. The predicted octanol–water partition coefficient (Wildman–Crippen LogP) is 3.66. The summed E-state index contributed by atoms with van der Waals surface area (Å²) in [6, 6.07) is 15.3. The number of Topliss-reactive ketones (excluding diaryl/α,β-unsaturated/α-hetero) is 1. The number of aliphatic hydroxyl groups excluding tert-OH is 1. The molecule has 274 valence electrons. The predicted molar refractivity (Wildman–Crippen MR) is 194 cm³/mol. The normalized spacial score (nSPS) is 20.4. The van der Waals surface area contributed by atoms with Crippen LogP contribution in [0.3, 0.4) is 0 Å². The molecule has 4 rings (SSSR count). The van der Waals surface area contributed by atoms with E-state index < -0.39 is 42.5 Å². The van der Waals surface area contributed by atoms with Gasteiger partial charge in [-0.05, 0) is 50.3 Å². The van der Waals surface area contributed by atoms with Crippen LogP contribution in [0.1, 0.15) is 99.5 Å². The van der Waals surface area contributed by atoms with Crippen molar-refractivity contribution in [2.45, 2.75) is 108 Å². The van der Waals surface area contributed by atoms with Crippen LogP contribution in [-0.2, 0) is 39.8 Å². The van der Waals surface area contributed by atoms with Crippen LogP contribution in [0, 0.1) is 11.8 Å². The van der Waals surface area contributed by atoms with Crippen molar-refractivity contribution in [1.29, 1.82) is 0 Å². The van der Waals surface area contributed by atoms with Crippen LogP contribution in [0.25, 0.3) is 0 Å². The number of hydrogen-bond donors (Lipinski definition) is 3. The van der Waals surface area contributed by atoms with Gasteiger partial charge in [0.25, 0.3) is 0 Å². The van der Waals surface area contributed by atoms with E-state index in [0.717, 1.165) is 67.2 Å². The summed E-state index contributed by atoms with van der Waals surface area (Å²) in [6.07, 6.45) is 4.14. The van der Waals surface area contributed by atoms with Gasteiger partial charge in [0.1, 0.15) is 38.0 Å². The fourth-order valence-electron chi connectivity index (χ4n) is 6.24. The zero-order chi connectivity index (χ0) is 36.4. The maximum Gasteiger partial charge on any atom is 0.407 e. The first-order chi connectivity index (χ1) is 24.7. The largest absolute Gasteiger partial charge is 0.458 e. The number of ketones is 1. The summed E-state index contributed by atoms with van der Waals surface area (Å²) in [4.78, 5) is 48.3. The highest BCUT2D eigenvalue weighted by Gasteiger charge is 2.45. The van der Waals surface area contributed by atoms with Gasteiger partial charge in [0.05, 0.1) is 19.0 Å². The number of rotatable bonds is 20. The Morgan fingerprint density at radius 2 is 1.51 bits per heavy atom. The van der Waals surface area contributed by atoms with E-state index in [0.29, 0.717) is 32.5 Å². The van der Waals surface area contributed by atoms with E-state index >= 15 is 0 Å². The van der Waals surface area contributed by atoms with Crippen molar-refractivity contribution in [3.05, 3.63) is 70.8 Å². The number of ether oxygens (including phenoxy) is 4. The second kappa shape index (κ2) is 21.3. The smallest absolute Gasteiger partial charge is 0.407 e. The van der Waals surface area contributed by atoms with Crippen LogP contribution in [0.15, 0.2) is 48.5 Å². The Bertz CT molecular complexity index is 1520. The highest BCUT2D eigenvalue weighted by molar-refractivity contribution is 6.11. The molecule has 1 heterocycles. The number of hydrogen-bond acceptors (Lipinski definition) is 9. The number of carbonyl (C=O) groups excluding carboxylic acids is 4. The minimum absolute atomic E-state index is 0.00564. The molecule has 0 spiro atoms. The van der Waals surface area contributed by atoms with Crippen LogP contribution in [0.2, 0.25) is 0 Å². The summed E-state index contributed by atoms with van der Waals surface area (Å²) < 4.78 is 23.1. The highest BCUT2D eigenvalue weighted by atomic mass is 16.6. The third-order valence-corrected chi connectivity index (χ3v) is 9.04. The summed E-state index contributed by atoms with van der Waals surface area (Å²) in [5.74, 6) is 5.91. The van der Waals surface area contributed by atoms with Crippen LogP contribution >= 0.6 is 0 Å². The van der Waals surface area contributed by atoms with Crippen molar-refractivity contribution in [3.63, 3.8) is 0 Å². The van der Waals surface area contributed by atoms with Crippen LogP contribution in [0.4, 0.5) is 4.79 Å². The quantitative estimate of drug-likeness (QED) is 0.0814. The van der Waals surface area contributed by atoms with Gasteiger partial charge >= 0.3 is 12.1 Å². The fraction of sp³-hybridized carbons (Fsp3) is 0.538. The molecule has 3 N–H and O–H groups in total. The number of benzene rings is 2. The number of unbranched alkanes of at least 4 members (excludes halogenated alkanes) is 5. The van der Waals surface area contributed by atoms with Gasteiger partial charge in [-0.1, -0.05) is 67.5 Å². The number of carbonyl (C=O) groups is 4. The average Bonchev–Trinajstić information content (AvgIpc) is 3.41. The minimum Gasteiger partial charge on any atom is -0.458 e. The lowest BCUT2D eigenvalue weighted by atomic mass is 9.92. The second-order valence-electron chi connectivity index (χ2n) is 13.1. The van der Waals surface area contributed by atoms with Gasteiger partial charge in [-0.25, -0.2) is 4.79 Å². The Hall–Kier alpha value is -4.18. The maximum absolute atomic E-state index is 12.7. The molecule has 0 bridgehead atoms. The Morgan fingerprint density at radius 1 is 0.824 bits per heavy atom. The molecule has 0 radical (unpaired) electrons. The van der Waals surface area contributed by atoms with Gasteiger partial charge in [0, 0.05) is 55.6 Å². The Labute approximate surface area is 301 Å². The molecule has 2 aromatic rings. The first-order valence-corrected chi connectivity index (χ1v) is 18.2. The van der Waals surface area contributed by atoms with Gasteiger partial charge in [-0.3, -0.25) is 9.59 Å². The van der Waals surface area contributed by atoms with Crippen LogP contribution in [-0.4, -0.2) is 87.3 Å².